The highest BCUT2D eigenvalue weighted by atomic mass is 127. The van der Waals surface area contributed by atoms with E-state index in [2.05, 4.69) is 21.0 Å². The van der Waals surface area contributed by atoms with Crippen molar-refractivity contribution in [2.75, 3.05) is 48.5 Å². The first-order valence-corrected chi connectivity index (χ1v) is 6.42. The second-order valence-electron chi connectivity index (χ2n) is 4.28. The molecule has 12 nitrogen and oxygen atoms in total. The average Bonchev–Trinajstić information content (AvgIpc) is 3.11. The number of hydrogen-bond acceptors (Lipinski definition) is 9. The summed E-state index contributed by atoms with van der Waals surface area (Å²) in [5, 5.41) is 0. The number of hydroxylamine groups is 9. The van der Waals surface area contributed by atoms with E-state index in [9.17, 15) is 0 Å². The predicted molar refractivity (Wildman–Crippen MR) is 68.0 cm³/mol. The summed E-state index contributed by atoms with van der Waals surface area (Å²) in [6, 6.07) is 0. The Labute approximate surface area is 130 Å². The van der Waals surface area contributed by atoms with Crippen LogP contribution < -0.4 is 11.3 Å². The van der Waals surface area contributed by atoms with Gasteiger partial charge in [0, 0.05) is 4.94 Å². The van der Waals surface area contributed by atoms with E-state index in [0.717, 1.165) is 13.1 Å². The Balaban J connectivity index is 2.70. The molecular formula is C7H21IN5O7+3. The van der Waals surface area contributed by atoms with Crippen LogP contribution in [-0.2, 0) is 32.6 Å². The van der Waals surface area contributed by atoms with Gasteiger partial charge in [-0.15, -0.1) is 4.65 Å². The Morgan fingerprint density at radius 2 is 1.50 bits per heavy atom. The van der Waals surface area contributed by atoms with Crippen LogP contribution >= 0.6 is 23.0 Å². The van der Waals surface area contributed by atoms with Crippen LogP contribution in [-0.4, -0.2) is 63.0 Å². The lowest BCUT2D eigenvalue weighted by atomic mass is 11.0. The van der Waals surface area contributed by atoms with Crippen LogP contribution in [0.15, 0.2) is 0 Å². The van der Waals surface area contributed by atoms with Crippen molar-refractivity contribution in [1.29, 1.82) is 0 Å². The van der Waals surface area contributed by atoms with Gasteiger partial charge in [-0.05, 0) is 16.2 Å². The summed E-state index contributed by atoms with van der Waals surface area (Å²) < 4.78 is 5.31. The average molecular weight is 414 g/mol. The largest absolute Gasteiger partial charge is 0.276 e. The molecule has 1 aliphatic heterocycles. The smallest absolute Gasteiger partial charge is 0.226 e. The number of rotatable bonds is 11. The van der Waals surface area contributed by atoms with Gasteiger partial charge in [0.25, 0.3) is 0 Å². The van der Waals surface area contributed by atoms with Gasteiger partial charge in [0.1, 0.15) is 12.0 Å². The fourth-order valence-corrected chi connectivity index (χ4v) is 1.30. The third-order valence-electron chi connectivity index (χ3n) is 2.19. The fraction of sp³-hybridized carbons (Fsp3) is 1.00. The predicted octanol–water partition coefficient (Wildman–Crippen LogP) is -0.690. The highest BCUT2D eigenvalue weighted by Crippen LogP contribution is 2.26. The van der Waals surface area contributed by atoms with Crippen molar-refractivity contribution in [3.8, 4) is 0 Å². The van der Waals surface area contributed by atoms with E-state index in [1.165, 1.54) is 28.3 Å². The number of halogens is 1. The molecule has 1 saturated heterocycles. The molecule has 0 aromatic rings. The lowest BCUT2D eigenvalue weighted by Gasteiger charge is -2.26. The molecular weight excluding hydrogens is 393 g/mol. The molecule has 1 aliphatic rings. The number of hydrogen-bond donors (Lipinski definition) is 2. The molecule has 0 saturated carbocycles. The van der Waals surface area contributed by atoms with Gasteiger partial charge in [-0.25, -0.2) is 0 Å². The molecule has 0 bridgehead atoms. The SMILES string of the molecule is CONO[N+](C)(OI)O[N+](C)(ONOC)O[N+]1(C)CC1. The molecule has 2 N–H and O–H groups in total. The van der Waals surface area contributed by atoms with Crippen molar-refractivity contribution < 1.29 is 47.2 Å². The fourth-order valence-electron chi connectivity index (χ4n) is 1.15. The van der Waals surface area contributed by atoms with E-state index in [0.29, 0.717) is 4.65 Å². The van der Waals surface area contributed by atoms with Crippen molar-refractivity contribution in [3.05, 3.63) is 0 Å². The molecule has 0 aromatic carbocycles. The molecule has 120 valence electrons. The van der Waals surface area contributed by atoms with Crippen LogP contribution in [0.3, 0.4) is 0 Å². The van der Waals surface area contributed by atoms with Gasteiger partial charge in [0.2, 0.25) is 4.97 Å². The van der Waals surface area contributed by atoms with Crippen molar-refractivity contribution in [2.24, 2.45) is 0 Å². The van der Waals surface area contributed by atoms with Crippen LogP contribution in [0.1, 0.15) is 0 Å². The zero-order valence-electron chi connectivity index (χ0n) is 12.0. The first-order chi connectivity index (χ1) is 9.30. The number of nitrogens with one attached hydrogen (secondary N) is 2. The zero-order valence-corrected chi connectivity index (χ0v) is 14.1. The lowest BCUT2D eigenvalue weighted by molar-refractivity contribution is -1.60. The highest BCUT2D eigenvalue weighted by molar-refractivity contribution is 14.1. The van der Waals surface area contributed by atoms with E-state index in [4.69, 9.17) is 22.9 Å². The second-order valence-corrected chi connectivity index (χ2v) is 4.67. The Morgan fingerprint density at radius 3 is 1.90 bits per heavy atom. The topological polar surface area (TPSA) is 88.7 Å². The molecule has 1 rings (SSSR count). The van der Waals surface area contributed by atoms with Crippen LogP contribution in [0.4, 0.5) is 0 Å². The normalized spacial score (nSPS) is 23.1. The van der Waals surface area contributed by atoms with Crippen molar-refractivity contribution >= 4 is 23.0 Å². The Hall–Kier alpha value is 0.250. The minimum atomic E-state index is -0.851. The lowest BCUT2D eigenvalue weighted by Crippen LogP contribution is -2.60. The van der Waals surface area contributed by atoms with Crippen LogP contribution in [0.5, 0.6) is 0 Å². The first-order valence-electron chi connectivity index (χ1n) is 5.54. The summed E-state index contributed by atoms with van der Waals surface area (Å²) in [7, 11) is 7.50. The van der Waals surface area contributed by atoms with Crippen molar-refractivity contribution in [2.45, 2.75) is 0 Å². The molecule has 1 heterocycles. The molecule has 0 radical (unpaired) electrons. The summed E-state index contributed by atoms with van der Waals surface area (Å²) in [4.78, 5) is 28.8. The Morgan fingerprint density at radius 1 is 1.00 bits per heavy atom. The zero-order chi connectivity index (χ0) is 15.3. The van der Waals surface area contributed by atoms with E-state index >= 15 is 0 Å². The minimum absolute atomic E-state index is 0.293. The minimum Gasteiger partial charge on any atom is -0.276 e. The maximum absolute atomic E-state index is 5.66. The maximum Gasteiger partial charge on any atom is 0.226 e. The monoisotopic (exact) mass is 414 g/mol. The van der Waals surface area contributed by atoms with Crippen LogP contribution in [0, 0.1) is 0 Å². The Bertz CT molecular complexity index is 311. The first kappa shape index (κ1) is 18.3. The number of quaternary nitrogens is 3. The molecule has 13 heteroatoms. The summed E-state index contributed by atoms with van der Waals surface area (Å²) in [6.07, 6.45) is 0. The van der Waals surface area contributed by atoms with Gasteiger partial charge in [-0.2, -0.15) is 0 Å². The highest BCUT2D eigenvalue weighted by Gasteiger charge is 2.58. The van der Waals surface area contributed by atoms with Gasteiger partial charge in [-0.3, -0.25) is 9.68 Å². The third-order valence-corrected chi connectivity index (χ3v) is 2.91. The molecule has 0 amide bonds. The maximum atomic E-state index is 5.66. The number of nitrogens with zero attached hydrogens (tertiary/aromatic N) is 3. The molecule has 0 aromatic heterocycles. The van der Waals surface area contributed by atoms with Gasteiger partial charge in [0.15, 0.2) is 55.2 Å². The van der Waals surface area contributed by atoms with Crippen molar-refractivity contribution in [3.63, 3.8) is 0 Å². The van der Waals surface area contributed by atoms with Crippen LogP contribution in [0.25, 0.3) is 0 Å². The summed E-state index contributed by atoms with van der Waals surface area (Å²) in [5.41, 5.74) is 4.32. The summed E-state index contributed by atoms with van der Waals surface area (Å²) >= 11 is 1.59. The van der Waals surface area contributed by atoms with Gasteiger partial charge in [0.05, 0.1) is 19.2 Å². The van der Waals surface area contributed by atoms with Crippen molar-refractivity contribution in [1.82, 2.24) is 11.3 Å². The van der Waals surface area contributed by atoms with Crippen LogP contribution in [0.2, 0.25) is 0 Å². The standard InChI is InChI=1S/C7H21IN5O7/c1-11(6-7-11)19-13(3,18-10-15-5)20-12(2,16-8)17-9-14-4/h9-10H,6-7H2,1-5H3/q+3. The summed E-state index contributed by atoms with van der Waals surface area (Å²) in [5.74, 6) is 0. The Kier molecular flexibility index (Phi) is 6.86. The molecule has 20 heavy (non-hydrogen) atoms. The molecule has 2 atom stereocenters. The summed E-state index contributed by atoms with van der Waals surface area (Å²) in [6.45, 7) is 1.64. The molecule has 0 aliphatic carbocycles. The van der Waals surface area contributed by atoms with E-state index in [-0.39, 0.29) is 0 Å². The van der Waals surface area contributed by atoms with Gasteiger partial charge < -0.3 is 0 Å². The third kappa shape index (κ3) is 5.93. The van der Waals surface area contributed by atoms with E-state index < -0.39 is 9.95 Å². The van der Waals surface area contributed by atoms with Gasteiger partial charge >= 0.3 is 0 Å². The van der Waals surface area contributed by atoms with E-state index in [1.54, 1.807) is 23.0 Å². The van der Waals surface area contributed by atoms with Gasteiger partial charge in [-0.1, -0.05) is 3.17 Å². The number of likely N-dealkylation sites (N-methyl/N-ethyl adjacent to an activating group) is 1. The molecule has 1 fully saturated rings. The second kappa shape index (κ2) is 7.49. The molecule has 0 spiro atoms. The quantitative estimate of drug-likeness (QED) is 0.197. The van der Waals surface area contributed by atoms with E-state index in [1.807, 2.05) is 7.05 Å². The molecule has 2 unspecified atom stereocenters.